The van der Waals surface area contributed by atoms with Crippen molar-refractivity contribution in [3.8, 4) is 5.75 Å². The van der Waals surface area contributed by atoms with Gasteiger partial charge in [0.2, 0.25) is 0 Å². The van der Waals surface area contributed by atoms with E-state index in [0.29, 0.717) is 17.3 Å². The van der Waals surface area contributed by atoms with E-state index in [-0.39, 0.29) is 0 Å². The van der Waals surface area contributed by atoms with Gasteiger partial charge in [-0.3, -0.25) is 4.79 Å². The van der Waals surface area contributed by atoms with Crippen molar-refractivity contribution in [1.82, 2.24) is 5.32 Å². The Morgan fingerprint density at radius 3 is 2.92 bits per heavy atom. The van der Waals surface area contributed by atoms with Crippen molar-refractivity contribution in [1.29, 1.82) is 0 Å². The molecule has 0 spiro atoms. The SMILES string of the molecule is COc1ccc(CN[C]=O)cc1Cl. The molecule has 0 heterocycles. The van der Waals surface area contributed by atoms with Gasteiger partial charge in [-0.25, -0.2) is 0 Å². The number of methoxy groups -OCH3 is 1. The molecule has 4 heteroatoms. The smallest absolute Gasteiger partial charge is 0.309 e. The molecule has 0 atom stereocenters. The Labute approximate surface area is 81.7 Å². The first-order chi connectivity index (χ1) is 6.27. The highest BCUT2D eigenvalue weighted by molar-refractivity contribution is 6.32. The van der Waals surface area contributed by atoms with Gasteiger partial charge in [0.25, 0.3) is 0 Å². The second-order valence-corrected chi connectivity index (χ2v) is 2.83. The Balaban J connectivity index is 2.76. The number of hydrogen-bond donors (Lipinski definition) is 1. The largest absolute Gasteiger partial charge is 0.495 e. The van der Waals surface area contributed by atoms with Crippen LogP contribution in [0.2, 0.25) is 5.02 Å². The molecular formula is C9H9ClNO2. The van der Waals surface area contributed by atoms with Crippen molar-refractivity contribution in [2.45, 2.75) is 6.54 Å². The molecule has 1 aromatic carbocycles. The molecule has 0 aliphatic rings. The highest BCUT2D eigenvalue weighted by Crippen LogP contribution is 2.24. The average Bonchev–Trinajstić information content (AvgIpc) is 2.15. The van der Waals surface area contributed by atoms with Crippen LogP contribution in [-0.2, 0) is 11.3 Å². The molecule has 0 saturated carbocycles. The average molecular weight is 199 g/mol. The summed E-state index contributed by atoms with van der Waals surface area (Å²) in [6.45, 7) is 0.424. The van der Waals surface area contributed by atoms with Crippen LogP contribution >= 0.6 is 11.6 Å². The molecule has 1 rings (SSSR count). The Morgan fingerprint density at radius 2 is 2.38 bits per heavy atom. The van der Waals surface area contributed by atoms with Gasteiger partial charge in [0.05, 0.1) is 12.1 Å². The summed E-state index contributed by atoms with van der Waals surface area (Å²) >= 11 is 5.86. The minimum absolute atomic E-state index is 0.424. The van der Waals surface area contributed by atoms with Crippen molar-refractivity contribution in [2.75, 3.05) is 7.11 Å². The maximum Gasteiger partial charge on any atom is 0.309 e. The highest BCUT2D eigenvalue weighted by atomic mass is 35.5. The van der Waals surface area contributed by atoms with Gasteiger partial charge in [-0.1, -0.05) is 17.7 Å². The van der Waals surface area contributed by atoms with Gasteiger partial charge in [0, 0.05) is 6.54 Å². The Bertz CT molecular complexity index is 302. The van der Waals surface area contributed by atoms with Crippen LogP contribution in [0.4, 0.5) is 0 Å². The Hall–Kier alpha value is -1.22. The monoisotopic (exact) mass is 198 g/mol. The number of hydrogen-bond acceptors (Lipinski definition) is 2. The Morgan fingerprint density at radius 1 is 1.62 bits per heavy atom. The number of ether oxygens (including phenoxy) is 1. The first-order valence-electron chi connectivity index (χ1n) is 3.70. The summed E-state index contributed by atoms with van der Waals surface area (Å²) < 4.78 is 4.97. The number of carbonyl (C=O) groups excluding carboxylic acids is 1. The van der Waals surface area contributed by atoms with Crippen LogP contribution in [0.25, 0.3) is 0 Å². The van der Waals surface area contributed by atoms with Gasteiger partial charge in [0.15, 0.2) is 0 Å². The van der Waals surface area contributed by atoms with Crippen LogP contribution in [0.1, 0.15) is 5.56 Å². The molecule has 1 amide bonds. The number of rotatable bonds is 4. The first-order valence-corrected chi connectivity index (χ1v) is 4.08. The molecule has 0 unspecified atom stereocenters. The highest BCUT2D eigenvalue weighted by Gasteiger charge is 2.00. The first kappa shape index (κ1) is 9.86. The van der Waals surface area contributed by atoms with Crippen LogP contribution in [0.3, 0.4) is 0 Å². The molecule has 0 aromatic heterocycles. The molecule has 0 bridgehead atoms. The van der Waals surface area contributed by atoms with Gasteiger partial charge in [-0.05, 0) is 17.7 Å². The van der Waals surface area contributed by atoms with Gasteiger partial charge in [-0.15, -0.1) is 0 Å². The van der Waals surface area contributed by atoms with E-state index < -0.39 is 0 Å². The third kappa shape index (κ3) is 2.63. The zero-order valence-corrected chi connectivity index (χ0v) is 7.89. The molecule has 1 radical (unpaired) electrons. The van der Waals surface area contributed by atoms with Crippen molar-refractivity contribution >= 4 is 18.0 Å². The van der Waals surface area contributed by atoms with E-state index in [4.69, 9.17) is 16.3 Å². The fourth-order valence-electron chi connectivity index (χ4n) is 0.958. The fraction of sp³-hybridized carbons (Fsp3) is 0.222. The zero-order valence-electron chi connectivity index (χ0n) is 7.13. The van der Waals surface area contributed by atoms with Crippen molar-refractivity contribution < 1.29 is 9.53 Å². The van der Waals surface area contributed by atoms with Gasteiger partial charge >= 0.3 is 6.41 Å². The maximum atomic E-state index is 9.89. The summed E-state index contributed by atoms with van der Waals surface area (Å²) in [5, 5.41) is 2.96. The maximum absolute atomic E-state index is 9.89. The molecule has 0 saturated heterocycles. The predicted octanol–water partition coefficient (Wildman–Crippen LogP) is 1.51. The van der Waals surface area contributed by atoms with Crippen LogP contribution < -0.4 is 10.1 Å². The number of halogens is 1. The summed E-state index contributed by atoms with van der Waals surface area (Å²) in [7, 11) is 1.55. The van der Waals surface area contributed by atoms with Gasteiger partial charge in [-0.2, -0.15) is 0 Å². The van der Waals surface area contributed by atoms with E-state index in [2.05, 4.69) is 5.32 Å². The van der Waals surface area contributed by atoms with Crippen LogP contribution in [0, 0.1) is 0 Å². The lowest BCUT2D eigenvalue weighted by Gasteiger charge is -2.04. The molecule has 0 aliphatic carbocycles. The molecule has 69 valence electrons. The Kier molecular flexibility index (Phi) is 3.58. The standard InChI is InChI=1S/C9H9ClNO2/c1-13-9-3-2-7(4-8(9)10)5-11-6-12/h2-4H,5H2,1H3,(H,11,12). The summed E-state index contributed by atoms with van der Waals surface area (Å²) in [5.74, 6) is 0.625. The minimum atomic E-state index is 0.424. The zero-order chi connectivity index (χ0) is 9.68. The molecule has 13 heavy (non-hydrogen) atoms. The lowest BCUT2D eigenvalue weighted by molar-refractivity contribution is 0.415. The van der Waals surface area contributed by atoms with E-state index in [1.807, 2.05) is 6.07 Å². The summed E-state index contributed by atoms with van der Waals surface area (Å²) in [5.41, 5.74) is 0.911. The van der Waals surface area contributed by atoms with E-state index in [1.54, 1.807) is 25.7 Å². The molecule has 0 aliphatic heterocycles. The summed E-state index contributed by atoms with van der Waals surface area (Å²) in [6.07, 6.45) is 1.59. The molecule has 0 fully saturated rings. The van der Waals surface area contributed by atoms with Crippen molar-refractivity contribution in [3.63, 3.8) is 0 Å². The van der Waals surface area contributed by atoms with E-state index >= 15 is 0 Å². The van der Waals surface area contributed by atoms with E-state index in [9.17, 15) is 4.79 Å². The fourth-order valence-corrected chi connectivity index (χ4v) is 1.24. The van der Waals surface area contributed by atoms with Gasteiger partial charge < -0.3 is 10.1 Å². The summed E-state index contributed by atoms with van der Waals surface area (Å²) in [4.78, 5) is 9.89. The lowest BCUT2D eigenvalue weighted by Crippen LogP contribution is -2.09. The lowest BCUT2D eigenvalue weighted by atomic mass is 10.2. The number of nitrogens with one attached hydrogen (secondary N) is 1. The van der Waals surface area contributed by atoms with Crippen molar-refractivity contribution in [2.24, 2.45) is 0 Å². The molecule has 3 nitrogen and oxygen atoms in total. The van der Waals surface area contributed by atoms with Crippen LogP contribution in [0.5, 0.6) is 5.75 Å². The minimum Gasteiger partial charge on any atom is -0.495 e. The van der Waals surface area contributed by atoms with Crippen LogP contribution in [-0.4, -0.2) is 13.5 Å². The normalized spacial score (nSPS) is 9.38. The second-order valence-electron chi connectivity index (χ2n) is 2.42. The van der Waals surface area contributed by atoms with Gasteiger partial charge in [0.1, 0.15) is 5.75 Å². The molecular weight excluding hydrogens is 190 g/mol. The third-order valence-electron chi connectivity index (χ3n) is 1.58. The number of amides is 1. The van der Waals surface area contributed by atoms with E-state index in [0.717, 1.165) is 5.56 Å². The molecule has 1 aromatic rings. The summed E-state index contributed by atoms with van der Waals surface area (Å²) in [6, 6.07) is 5.32. The second kappa shape index (κ2) is 4.72. The van der Waals surface area contributed by atoms with Crippen LogP contribution in [0.15, 0.2) is 18.2 Å². The number of benzene rings is 1. The topological polar surface area (TPSA) is 38.3 Å². The third-order valence-corrected chi connectivity index (χ3v) is 1.88. The van der Waals surface area contributed by atoms with E-state index in [1.165, 1.54) is 0 Å². The molecule has 1 N–H and O–H groups in total. The van der Waals surface area contributed by atoms with Crippen molar-refractivity contribution in [3.05, 3.63) is 28.8 Å². The quantitative estimate of drug-likeness (QED) is 0.745. The predicted molar refractivity (Wildman–Crippen MR) is 50.5 cm³/mol.